The monoisotopic (exact) mass is 178 g/mol. The minimum absolute atomic E-state index is 0.890. The van der Waals surface area contributed by atoms with Crippen molar-refractivity contribution in [2.75, 3.05) is 5.33 Å². The molecule has 0 unspecified atom stereocenters. The Bertz CT molecular complexity index is 86.1. The molecule has 0 aromatic heterocycles. The maximum Gasteiger partial charge on any atom is 0.0215 e. The first-order valence-electron chi connectivity index (χ1n) is 2.00. The normalized spacial score (nSPS) is 10.0. The largest absolute Gasteiger partial charge is 0.0883 e. The molecule has 7 heavy (non-hydrogen) atoms. The summed E-state index contributed by atoms with van der Waals surface area (Å²) in [5.74, 6) is 0. The van der Waals surface area contributed by atoms with Crippen LogP contribution in [0, 0.1) is 0 Å². The number of thiocarbonyl (C=S) groups is 1. The predicted molar refractivity (Wildman–Crippen MR) is 41.2 cm³/mol. The fourth-order valence-corrected chi connectivity index (χ4v) is 0.494. The minimum Gasteiger partial charge on any atom is -0.0883 e. The maximum absolute atomic E-state index is 4.75. The van der Waals surface area contributed by atoms with Crippen molar-refractivity contribution in [2.45, 2.75) is 6.92 Å². The van der Waals surface area contributed by atoms with Gasteiger partial charge in [0.25, 0.3) is 0 Å². The van der Waals surface area contributed by atoms with E-state index < -0.39 is 0 Å². The summed E-state index contributed by atoms with van der Waals surface area (Å²) < 4.78 is 0. The maximum atomic E-state index is 4.75. The van der Waals surface area contributed by atoms with Crippen molar-refractivity contribution in [3.63, 3.8) is 0 Å². The number of hydrogen-bond acceptors (Lipinski definition) is 1. The third-order valence-electron chi connectivity index (χ3n) is 0.442. The molecule has 0 amide bonds. The van der Waals surface area contributed by atoms with Crippen LogP contribution in [0.2, 0.25) is 0 Å². The summed E-state index contributed by atoms with van der Waals surface area (Å²) >= 11 is 7.98. The van der Waals surface area contributed by atoms with Gasteiger partial charge in [0, 0.05) is 10.2 Å². The van der Waals surface area contributed by atoms with Gasteiger partial charge in [0.2, 0.25) is 0 Å². The van der Waals surface area contributed by atoms with Gasteiger partial charge in [-0.3, -0.25) is 0 Å². The number of allylic oxidation sites excluding steroid dienone is 2. The first-order chi connectivity index (χ1) is 3.27. The average molecular weight is 179 g/mol. The van der Waals surface area contributed by atoms with Crippen molar-refractivity contribution in [3.8, 4) is 0 Å². The molecule has 0 heterocycles. The molecular formula is C5H7BrS. The second kappa shape index (κ2) is 4.47. The molecule has 0 atom stereocenters. The minimum atomic E-state index is 0.890. The van der Waals surface area contributed by atoms with Gasteiger partial charge in [-0.05, 0) is 6.92 Å². The molecular weight excluding hydrogens is 172 g/mol. The lowest BCUT2D eigenvalue weighted by atomic mass is 10.4. The fraction of sp³-hybridized carbons (Fsp3) is 0.400. The lowest BCUT2D eigenvalue weighted by molar-refractivity contribution is 1.81. The van der Waals surface area contributed by atoms with Crippen LogP contribution in [-0.2, 0) is 0 Å². The van der Waals surface area contributed by atoms with E-state index in [9.17, 15) is 0 Å². The van der Waals surface area contributed by atoms with E-state index in [2.05, 4.69) is 15.9 Å². The van der Waals surface area contributed by atoms with Crippen LogP contribution in [0.25, 0.3) is 0 Å². The summed E-state index contributed by atoms with van der Waals surface area (Å²) in [6, 6.07) is 0. The Labute approximate surface area is 57.7 Å². The molecule has 0 nitrogen and oxygen atoms in total. The van der Waals surface area contributed by atoms with Gasteiger partial charge in [0.15, 0.2) is 0 Å². The van der Waals surface area contributed by atoms with Crippen LogP contribution in [0.4, 0.5) is 0 Å². The number of halogens is 1. The van der Waals surface area contributed by atoms with E-state index in [0.29, 0.717) is 0 Å². The summed E-state index contributed by atoms with van der Waals surface area (Å²) in [4.78, 5) is 0.930. The van der Waals surface area contributed by atoms with Crippen molar-refractivity contribution in [3.05, 3.63) is 12.2 Å². The predicted octanol–water partition coefficient (Wildman–Crippen LogP) is 2.33. The molecule has 40 valence electrons. The van der Waals surface area contributed by atoms with Crippen LogP contribution in [0.1, 0.15) is 6.92 Å². The zero-order valence-electron chi connectivity index (χ0n) is 4.15. The van der Waals surface area contributed by atoms with Gasteiger partial charge in [-0.15, -0.1) is 0 Å². The summed E-state index contributed by atoms with van der Waals surface area (Å²) in [6.45, 7) is 1.90. The Morgan fingerprint density at radius 3 is 2.57 bits per heavy atom. The van der Waals surface area contributed by atoms with Gasteiger partial charge < -0.3 is 0 Å². The Morgan fingerprint density at radius 1 is 1.86 bits per heavy atom. The quantitative estimate of drug-likeness (QED) is 0.356. The highest BCUT2D eigenvalue weighted by atomic mass is 79.9. The molecule has 0 spiro atoms. The molecule has 0 N–H and O–H groups in total. The van der Waals surface area contributed by atoms with Crippen molar-refractivity contribution >= 4 is 33.0 Å². The lowest BCUT2D eigenvalue weighted by Gasteiger charge is -1.76. The van der Waals surface area contributed by atoms with Gasteiger partial charge in [-0.2, -0.15) is 0 Å². The summed E-state index contributed by atoms with van der Waals surface area (Å²) in [7, 11) is 0. The summed E-state index contributed by atoms with van der Waals surface area (Å²) in [5, 5.41) is 0.890. The highest BCUT2D eigenvalue weighted by Crippen LogP contribution is 1.83. The van der Waals surface area contributed by atoms with Crippen LogP contribution in [0.5, 0.6) is 0 Å². The van der Waals surface area contributed by atoms with Gasteiger partial charge in [-0.25, -0.2) is 0 Å². The second-order valence-corrected chi connectivity index (χ2v) is 2.46. The zero-order chi connectivity index (χ0) is 5.70. The van der Waals surface area contributed by atoms with E-state index in [0.717, 1.165) is 10.2 Å². The standard InChI is InChI=1S/C5H7BrS/c1-5(7)3-2-4-6/h2-3H,4H2,1H3/b3-2+. The van der Waals surface area contributed by atoms with E-state index >= 15 is 0 Å². The first-order valence-corrected chi connectivity index (χ1v) is 3.53. The van der Waals surface area contributed by atoms with E-state index in [1.165, 1.54) is 0 Å². The van der Waals surface area contributed by atoms with Crippen LogP contribution in [0.3, 0.4) is 0 Å². The molecule has 0 saturated heterocycles. The highest BCUT2D eigenvalue weighted by molar-refractivity contribution is 9.09. The second-order valence-electron chi connectivity index (χ2n) is 1.17. The van der Waals surface area contributed by atoms with Gasteiger partial charge in [0.1, 0.15) is 0 Å². The number of hydrogen-bond donors (Lipinski definition) is 0. The van der Waals surface area contributed by atoms with Crippen LogP contribution < -0.4 is 0 Å². The molecule has 0 aromatic carbocycles. The Hall–Kier alpha value is 0.310. The van der Waals surface area contributed by atoms with Gasteiger partial charge in [0.05, 0.1) is 0 Å². The van der Waals surface area contributed by atoms with Gasteiger partial charge in [-0.1, -0.05) is 40.3 Å². The molecule has 0 aromatic rings. The Morgan fingerprint density at radius 2 is 2.43 bits per heavy atom. The summed E-state index contributed by atoms with van der Waals surface area (Å²) in [5.41, 5.74) is 0. The molecule has 0 saturated carbocycles. The molecule has 0 bridgehead atoms. The Kier molecular flexibility index (Phi) is 4.67. The van der Waals surface area contributed by atoms with Crippen LogP contribution in [-0.4, -0.2) is 10.2 Å². The third-order valence-corrected chi connectivity index (χ3v) is 0.952. The lowest BCUT2D eigenvalue weighted by Crippen LogP contribution is -1.73. The fourth-order valence-electron chi connectivity index (χ4n) is 0.211. The van der Waals surface area contributed by atoms with Crippen LogP contribution in [0.15, 0.2) is 12.2 Å². The molecule has 2 heteroatoms. The molecule has 0 radical (unpaired) electrons. The Balaban J connectivity index is 3.26. The third kappa shape index (κ3) is 6.31. The van der Waals surface area contributed by atoms with E-state index in [1.807, 2.05) is 19.1 Å². The van der Waals surface area contributed by atoms with Crippen molar-refractivity contribution < 1.29 is 0 Å². The topological polar surface area (TPSA) is 0 Å². The average Bonchev–Trinajstić information content (AvgIpc) is 1.61. The SMILES string of the molecule is CC(=S)/C=C/CBr. The molecule has 0 aliphatic heterocycles. The van der Waals surface area contributed by atoms with E-state index in [-0.39, 0.29) is 0 Å². The molecule has 0 aliphatic rings. The summed E-state index contributed by atoms with van der Waals surface area (Å²) in [6.07, 6.45) is 3.88. The first kappa shape index (κ1) is 7.31. The van der Waals surface area contributed by atoms with E-state index in [4.69, 9.17) is 12.2 Å². The molecule has 0 aliphatic carbocycles. The molecule has 0 rings (SSSR count). The highest BCUT2D eigenvalue weighted by Gasteiger charge is 1.71. The number of rotatable bonds is 2. The van der Waals surface area contributed by atoms with Gasteiger partial charge >= 0.3 is 0 Å². The zero-order valence-corrected chi connectivity index (χ0v) is 6.55. The number of alkyl halides is 1. The van der Waals surface area contributed by atoms with E-state index in [1.54, 1.807) is 0 Å². The smallest absolute Gasteiger partial charge is 0.0215 e. The van der Waals surface area contributed by atoms with Crippen molar-refractivity contribution in [1.82, 2.24) is 0 Å². The van der Waals surface area contributed by atoms with Crippen LogP contribution >= 0.6 is 28.1 Å². The molecule has 0 fully saturated rings. The van der Waals surface area contributed by atoms with Crippen molar-refractivity contribution in [1.29, 1.82) is 0 Å². The van der Waals surface area contributed by atoms with Crippen molar-refractivity contribution in [2.24, 2.45) is 0 Å².